The second-order valence-electron chi connectivity index (χ2n) is 5.78. The predicted octanol–water partition coefficient (Wildman–Crippen LogP) is 3.41. The van der Waals surface area contributed by atoms with Gasteiger partial charge in [-0.25, -0.2) is 4.98 Å². The molecule has 0 saturated heterocycles. The molecule has 0 aliphatic rings. The van der Waals surface area contributed by atoms with Crippen LogP contribution in [0.3, 0.4) is 0 Å². The first kappa shape index (κ1) is 15.6. The number of imidazole rings is 1. The van der Waals surface area contributed by atoms with Gasteiger partial charge >= 0.3 is 0 Å². The van der Waals surface area contributed by atoms with Gasteiger partial charge in [-0.05, 0) is 45.4 Å². The summed E-state index contributed by atoms with van der Waals surface area (Å²) in [6.07, 6.45) is 5.85. The molecule has 1 aromatic carbocycles. The van der Waals surface area contributed by atoms with Crippen molar-refractivity contribution in [2.75, 3.05) is 0 Å². The Kier molecular flexibility index (Phi) is 5.39. The molecule has 1 heterocycles. The van der Waals surface area contributed by atoms with Crippen LogP contribution in [0.15, 0.2) is 43.0 Å². The SMILES string of the molecule is CC(Cn1ccnc1)NC(C)c1ccc(OC(C)C)cc1. The van der Waals surface area contributed by atoms with Gasteiger partial charge in [0.15, 0.2) is 0 Å². The topological polar surface area (TPSA) is 39.1 Å². The van der Waals surface area contributed by atoms with Crippen molar-refractivity contribution in [2.24, 2.45) is 0 Å². The Morgan fingerprint density at radius 2 is 1.86 bits per heavy atom. The molecule has 0 saturated carbocycles. The molecule has 4 nitrogen and oxygen atoms in total. The molecule has 1 N–H and O–H groups in total. The quantitative estimate of drug-likeness (QED) is 0.848. The number of ether oxygens (including phenoxy) is 1. The summed E-state index contributed by atoms with van der Waals surface area (Å²) in [7, 11) is 0. The van der Waals surface area contributed by atoms with E-state index in [2.05, 4.69) is 40.8 Å². The van der Waals surface area contributed by atoms with E-state index in [9.17, 15) is 0 Å². The summed E-state index contributed by atoms with van der Waals surface area (Å²) in [6.45, 7) is 9.36. The molecule has 0 aliphatic carbocycles. The van der Waals surface area contributed by atoms with Gasteiger partial charge in [-0.1, -0.05) is 12.1 Å². The molecule has 2 unspecified atom stereocenters. The smallest absolute Gasteiger partial charge is 0.119 e. The zero-order valence-corrected chi connectivity index (χ0v) is 13.3. The lowest BCUT2D eigenvalue weighted by molar-refractivity contribution is 0.242. The molecule has 2 aromatic rings. The maximum atomic E-state index is 5.67. The molecule has 0 fully saturated rings. The van der Waals surface area contributed by atoms with E-state index in [0.29, 0.717) is 12.1 Å². The maximum absolute atomic E-state index is 5.67. The summed E-state index contributed by atoms with van der Waals surface area (Å²) in [5.41, 5.74) is 1.27. The zero-order valence-electron chi connectivity index (χ0n) is 13.3. The van der Waals surface area contributed by atoms with E-state index in [1.807, 2.05) is 44.7 Å². The van der Waals surface area contributed by atoms with Crippen LogP contribution < -0.4 is 10.1 Å². The van der Waals surface area contributed by atoms with E-state index >= 15 is 0 Å². The lowest BCUT2D eigenvalue weighted by atomic mass is 10.1. The first-order chi connectivity index (χ1) is 10.0. The first-order valence-corrected chi connectivity index (χ1v) is 7.53. The Morgan fingerprint density at radius 3 is 2.43 bits per heavy atom. The molecule has 0 radical (unpaired) electrons. The van der Waals surface area contributed by atoms with Crippen LogP contribution in [-0.4, -0.2) is 21.7 Å². The van der Waals surface area contributed by atoms with Crippen molar-refractivity contribution in [3.05, 3.63) is 48.5 Å². The minimum absolute atomic E-state index is 0.210. The fourth-order valence-corrected chi connectivity index (χ4v) is 2.39. The highest BCUT2D eigenvalue weighted by Crippen LogP contribution is 2.19. The van der Waals surface area contributed by atoms with Gasteiger partial charge in [-0.15, -0.1) is 0 Å². The Hall–Kier alpha value is -1.81. The third kappa shape index (κ3) is 4.90. The molecule has 2 atom stereocenters. The van der Waals surface area contributed by atoms with Crippen molar-refractivity contribution in [3.63, 3.8) is 0 Å². The van der Waals surface area contributed by atoms with Crippen molar-refractivity contribution >= 4 is 0 Å². The van der Waals surface area contributed by atoms with Crippen LogP contribution >= 0.6 is 0 Å². The number of nitrogens with zero attached hydrogens (tertiary/aromatic N) is 2. The molecule has 1 aromatic heterocycles. The zero-order chi connectivity index (χ0) is 15.2. The predicted molar refractivity (Wildman–Crippen MR) is 85.4 cm³/mol. The van der Waals surface area contributed by atoms with Crippen LogP contribution in [0.25, 0.3) is 0 Å². The number of rotatable bonds is 7. The largest absolute Gasteiger partial charge is 0.491 e. The Balaban J connectivity index is 1.88. The summed E-state index contributed by atoms with van der Waals surface area (Å²) in [5, 5.41) is 3.61. The summed E-state index contributed by atoms with van der Waals surface area (Å²) < 4.78 is 7.76. The highest BCUT2D eigenvalue weighted by molar-refractivity contribution is 5.29. The van der Waals surface area contributed by atoms with Crippen LogP contribution in [0.1, 0.15) is 39.3 Å². The van der Waals surface area contributed by atoms with Crippen LogP contribution in [-0.2, 0) is 6.54 Å². The molecule has 0 spiro atoms. The number of benzene rings is 1. The Bertz CT molecular complexity index is 519. The molecule has 21 heavy (non-hydrogen) atoms. The van der Waals surface area contributed by atoms with Gasteiger partial charge in [-0.2, -0.15) is 0 Å². The van der Waals surface area contributed by atoms with Crippen LogP contribution in [0, 0.1) is 0 Å². The normalized spacial score (nSPS) is 14.1. The average Bonchev–Trinajstić information content (AvgIpc) is 2.91. The second-order valence-corrected chi connectivity index (χ2v) is 5.78. The van der Waals surface area contributed by atoms with E-state index in [1.165, 1.54) is 5.56 Å². The fourth-order valence-electron chi connectivity index (χ4n) is 2.39. The highest BCUT2D eigenvalue weighted by Gasteiger charge is 2.10. The number of hydrogen-bond acceptors (Lipinski definition) is 3. The van der Waals surface area contributed by atoms with Gasteiger partial charge in [-0.3, -0.25) is 0 Å². The lowest BCUT2D eigenvalue weighted by Crippen LogP contribution is -2.32. The average molecular weight is 287 g/mol. The molecule has 0 bridgehead atoms. The second kappa shape index (κ2) is 7.27. The van der Waals surface area contributed by atoms with E-state index in [0.717, 1.165) is 12.3 Å². The number of aromatic nitrogens is 2. The standard InChI is InChI=1S/C17H25N3O/c1-13(2)21-17-7-5-16(6-8-17)15(4)19-14(3)11-20-10-9-18-12-20/h5-10,12-15,19H,11H2,1-4H3. The molecular formula is C17H25N3O. The van der Waals surface area contributed by atoms with Crippen molar-refractivity contribution in [3.8, 4) is 5.75 Å². The van der Waals surface area contributed by atoms with E-state index < -0.39 is 0 Å². The summed E-state index contributed by atoms with van der Waals surface area (Å²) >= 11 is 0. The molecule has 114 valence electrons. The van der Waals surface area contributed by atoms with E-state index in [-0.39, 0.29) is 6.10 Å². The van der Waals surface area contributed by atoms with Gasteiger partial charge in [0.2, 0.25) is 0 Å². The first-order valence-electron chi connectivity index (χ1n) is 7.53. The molecule has 0 amide bonds. The highest BCUT2D eigenvalue weighted by atomic mass is 16.5. The van der Waals surface area contributed by atoms with Crippen molar-refractivity contribution in [1.82, 2.24) is 14.9 Å². The van der Waals surface area contributed by atoms with Crippen molar-refractivity contribution in [2.45, 2.75) is 52.4 Å². The Morgan fingerprint density at radius 1 is 1.14 bits per heavy atom. The van der Waals surface area contributed by atoms with Gasteiger partial charge in [0.1, 0.15) is 5.75 Å². The van der Waals surface area contributed by atoms with E-state index in [4.69, 9.17) is 4.74 Å². The summed E-state index contributed by atoms with van der Waals surface area (Å²) in [5.74, 6) is 0.924. The van der Waals surface area contributed by atoms with Gasteiger partial charge in [0.05, 0.1) is 12.4 Å². The maximum Gasteiger partial charge on any atom is 0.119 e. The third-order valence-corrected chi connectivity index (χ3v) is 3.33. The van der Waals surface area contributed by atoms with Crippen LogP contribution in [0.4, 0.5) is 0 Å². The fraction of sp³-hybridized carbons (Fsp3) is 0.471. The number of nitrogens with one attached hydrogen (secondary N) is 1. The van der Waals surface area contributed by atoms with Crippen molar-refractivity contribution in [1.29, 1.82) is 0 Å². The van der Waals surface area contributed by atoms with Crippen molar-refractivity contribution < 1.29 is 4.74 Å². The molecule has 2 rings (SSSR count). The van der Waals surface area contributed by atoms with E-state index in [1.54, 1.807) is 0 Å². The van der Waals surface area contributed by atoms with Gasteiger partial charge in [0, 0.05) is 31.0 Å². The van der Waals surface area contributed by atoms with Gasteiger partial charge in [0.25, 0.3) is 0 Å². The summed E-state index contributed by atoms with van der Waals surface area (Å²) in [4.78, 5) is 4.07. The third-order valence-electron chi connectivity index (χ3n) is 3.33. The van der Waals surface area contributed by atoms with Crippen LogP contribution in [0.2, 0.25) is 0 Å². The minimum atomic E-state index is 0.210. The summed E-state index contributed by atoms with van der Waals surface area (Å²) in [6, 6.07) is 9.00. The van der Waals surface area contributed by atoms with Gasteiger partial charge < -0.3 is 14.6 Å². The molecule has 0 aliphatic heterocycles. The lowest BCUT2D eigenvalue weighted by Gasteiger charge is -2.21. The molecular weight excluding hydrogens is 262 g/mol. The van der Waals surface area contributed by atoms with Crippen LogP contribution in [0.5, 0.6) is 5.75 Å². The minimum Gasteiger partial charge on any atom is -0.491 e. The molecule has 4 heteroatoms. The monoisotopic (exact) mass is 287 g/mol. The Labute approximate surface area is 127 Å². The number of hydrogen-bond donors (Lipinski definition) is 1.